The van der Waals surface area contributed by atoms with E-state index < -0.39 is 31.9 Å². The number of hydrogen-bond acceptors (Lipinski definition) is 7. The fraction of sp³-hybridized carbons (Fsp3) is 0.625. The molecule has 10 heteroatoms. The smallest absolute Gasteiger partial charge is 0.330 e. The van der Waals surface area contributed by atoms with Crippen LogP contribution in [0.5, 0.6) is 17.2 Å². The van der Waals surface area contributed by atoms with Gasteiger partial charge in [-0.05, 0) is 63.8 Å². The van der Waals surface area contributed by atoms with Crippen LogP contribution in [-0.4, -0.2) is 60.3 Å². The summed E-state index contributed by atoms with van der Waals surface area (Å²) in [6, 6.07) is 2.01. The van der Waals surface area contributed by atoms with Crippen LogP contribution in [0.1, 0.15) is 36.9 Å². The molecular weight excluding hydrogens is 485 g/mol. The molecule has 0 aliphatic heterocycles. The van der Waals surface area contributed by atoms with Gasteiger partial charge < -0.3 is 27.2 Å². The molecule has 0 aliphatic rings. The van der Waals surface area contributed by atoms with Gasteiger partial charge in [-0.3, -0.25) is 0 Å². The highest BCUT2D eigenvalue weighted by atomic mass is 28.4. The Balaban J connectivity index is 3.90. The third kappa shape index (κ3) is 9.22. The Morgan fingerprint density at radius 1 is 0.882 bits per heavy atom. The van der Waals surface area contributed by atoms with Crippen molar-refractivity contribution in [3.8, 4) is 17.2 Å². The van der Waals surface area contributed by atoms with Crippen LogP contribution in [0.3, 0.4) is 0 Å². The summed E-state index contributed by atoms with van der Waals surface area (Å²) in [6.07, 6.45) is 3.92. The second-order valence-corrected chi connectivity index (χ2v) is 22.5. The van der Waals surface area contributed by atoms with E-state index in [2.05, 4.69) is 53.1 Å². The van der Waals surface area contributed by atoms with Crippen LogP contribution in [0.2, 0.25) is 39.3 Å². The Hall–Kier alpha value is -1.60. The number of hydrogen-bond donors (Lipinski definition) is 0. The fourth-order valence-electron chi connectivity index (χ4n) is 3.67. The molecule has 1 rings (SSSR count). The van der Waals surface area contributed by atoms with E-state index in [9.17, 15) is 4.79 Å². The molecule has 0 spiro atoms. The van der Waals surface area contributed by atoms with E-state index in [0.29, 0.717) is 28.7 Å². The van der Waals surface area contributed by atoms with Crippen molar-refractivity contribution in [2.75, 3.05) is 28.4 Å². The summed E-state index contributed by atoms with van der Waals surface area (Å²) in [4.78, 5) is 11.8. The molecule has 1 aromatic carbocycles. The van der Waals surface area contributed by atoms with E-state index >= 15 is 0 Å². The van der Waals surface area contributed by atoms with E-state index in [1.807, 2.05) is 6.07 Å². The van der Waals surface area contributed by atoms with Crippen molar-refractivity contribution in [2.24, 2.45) is 5.92 Å². The monoisotopic (exact) mass is 528 g/mol. The lowest BCUT2D eigenvalue weighted by molar-refractivity contribution is -0.134. The number of carbonyl (C=O) groups is 1. The molecule has 1 aromatic rings. The highest BCUT2D eigenvalue weighted by Crippen LogP contribution is 2.48. The molecule has 0 radical (unpaired) electrons. The van der Waals surface area contributed by atoms with Crippen molar-refractivity contribution in [2.45, 2.75) is 65.1 Å². The van der Waals surface area contributed by atoms with Crippen molar-refractivity contribution in [1.29, 1.82) is 0 Å². The average molecular weight is 529 g/mol. The summed E-state index contributed by atoms with van der Waals surface area (Å²) in [5, 5.41) is 0. The largest absolute Gasteiger partial charge is 0.492 e. The standard InChI is InChI=1S/C24H44O7Si3/c1-17(2)15-20(32(30-33(7,8)9)31-34(10,11)12)19-16-18(13-14-21(25)26-3)22(27-4)24(29-6)23(19)28-5/h13-14,16-17,20,32H,15H2,1-12H3. The summed E-state index contributed by atoms with van der Waals surface area (Å²) in [5.74, 6) is 1.53. The van der Waals surface area contributed by atoms with Crippen LogP contribution in [0.4, 0.5) is 0 Å². The van der Waals surface area contributed by atoms with Gasteiger partial charge in [0.2, 0.25) is 5.75 Å². The molecule has 0 aromatic heterocycles. The van der Waals surface area contributed by atoms with Crippen LogP contribution < -0.4 is 14.2 Å². The maximum Gasteiger partial charge on any atom is 0.330 e. The average Bonchev–Trinajstić information content (AvgIpc) is 2.71. The van der Waals surface area contributed by atoms with Crippen LogP contribution in [-0.2, 0) is 17.8 Å². The molecule has 7 nitrogen and oxygen atoms in total. The summed E-state index contributed by atoms with van der Waals surface area (Å²) in [6.45, 7) is 17.6. The summed E-state index contributed by atoms with van der Waals surface area (Å²) in [7, 11) is 0.125. The molecule has 194 valence electrons. The molecule has 0 saturated heterocycles. The van der Waals surface area contributed by atoms with E-state index in [1.165, 1.54) is 13.2 Å². The lowest BCUT2D eigenvalue weighted by Crippen LogP contribution is -2.47. The number of ether oxygens (including phenoxy) is 4. The molecule has 1 unspecified atom stereocenters. The number of rotatable bonds is 13. The van der Waals surface area contributed by atoms with Gasteiger partial charge in [-0.15, -0.1) is 0 Å². The van der Waals surface area contributed by atoms with E-state index in [1.54, 1.807) is 27.4 Å². The molecular formula is C24H44O7Si3. The number of methoxy groups -OCH3 is 4. The minimum Gasteiger partial charge on any atom is -0.492 e. The zero-order valence-electron chi connectivity index (χ0n) is 23.0. The van der Waals surface area contributed by atoms with Gasteiger partial charge in [-0.25, -0.2) is 4.79 Å². The lowest BCUT2D eigenvalue weighted by Gasteiger charge is -2.37. The summed E-state index contributed by atoms with van der Waals surface area (Å²) in [5.41, 5.74) is 1.66. The van der Waals surface area contributed by atoms with Gasteiger partial charge in [0.15, 0.2) is 28.1 Å². The van der Waals surface area contributed by atoms with Gasteiger partial charge in [0, 0.05) is 22.7 Å². The van der Waals surface area contributed by atoms with E-state index in [-0.39, 0.29) is 5.54 Å². The zero-order valence-corrected chi connectivity index (χ0v) is 26.2. The molecule has 0 N–H and O–H groups in total. The maximum atomic E-state index is 11.8. The second kappa shape index (κ2) is 12.9. The van der Waals surface area contributed by atoms with Gasteiger partial charge in [-0.1, -0.05) is 13.8 Å². The topological polar surface area (TPSA) is 72.5 Å². The Morgan fingerprint density at radius 3 is 1.76 bits per heavy atom. The normalized spacial score (nSPS) is 13.5. The van der Waals surface area contributed by atoms with Crippen molar-refractivity contribution in [3.63, 3.8) is 0 Å². The van der Waals surface area contributed by atoms with E-state index in [0.717, 1.165) is 12.0 Å². The van der Waals surface area contributed by atoms with Crippen LogP contribution in [0, 0.1) is 5.92 Å². The third-order valence-corrected chi connectivity index (χ3v) is 13.7. The van der Waals surface area contributed by atoms with Gasteiger partial charge in [0.25, 0.3) is 0 Å². The second-order valence-electron chi connectivity index (χ2n) is 10.6. The van der Waals surface area contributed by atoms with Crippen molar-refractivity contribution >= 4 is 38.0 Å². The molecule has 0 amide bonds. The third-order valence-electron chi connectivity index (χ3n) is 4.85. The van der Waals surface area contributed by atoms with Crippen LogP contribution in [0.15, 0.2) is 12.1 Å². The Morgan fingerprint density at radius 2 is 1.38 bits per heavy atom. The van der Waals surface area contributed by atoms with Crippen molar-refractivity contribution < 1.29 is 32.0 Å². The Kier molecular flexibility index (Phi) is 11.6. The minimum atomic E-state index is -2.21. The van der Waals surface area contributed by atoms with Crippen molar-refractivity contribution in [1.82, 2.24) is 0 Å². The van der Waals surface area contributed by atoms with Crippen LogP contribution in [0.25, 0.3) is 6.08 Å². The first-order chi connectivity index (χ1) is 15.7. The first-order valence-corrected chi connectivity index (χ1v) is 20.0. The first-order valence-electron chi connectivity index (χ1n) is 11.6. The molecule has 0 heterocycles. The maximum absolute atomic E-state index is 11.8. The first kappa shape index (κ1) is 30.4. The highest BCUT2D eigenvalue weighted by Gasteiger charge is 2.39. The highest BCUT2D eigenvalue weighted by molar-refractivity contribution is 6.81. The van der Waals surface area contributed by atoms with Gasteiger partial charge in [0.1, 0.15) is 0 Å². The van der Waals surface area contributed by atoms with Gasteiger partial charge in [-0.2, -0.15) is 0 Å². The van der Waals surface area contributed by atoms with Crippen LogP contribution >= 0.6 is 0 Å². The quantitative estimate of drug-likeness (QED) is 0.190. The molecule has 34 heavy (non-hydrogen) atoms. The summed E-state index contributed by atoms with van der Waals surface area (Å²) < 4.78 is 35.7. The number of carbonyl (C=O) groups excluding carboxylic acids is 1. The number of esters is 1. The van der Waals surface area contributed by atoms with Crippen molar-refractivity contribution in [3.05, 3.63) is 23.3 Å². The van der Waals surface area contributed by atoms with Gasteiger partial charge in [0.05, 0.1) is 28.4 Å². The Bertz CT molecular complexity index is 826. The molecule has 0 saturated carbocycles. The van der Waals surface area contributed by atoms with E-state index in [4.69, 9.17) is 27.2 Å². The van der Waals surface area contributed by atoms with Gasteiger partial charge >= 0.3 is 15.3 Å². The fourth-order valence-corrected chi connectivity index (χ4v) is 12.5. The predicted molar refractivity (Wildman–Crippen MR) is 145 cm³/mol. The lowest BCUT2D eigenvalue weighted by atomic mass is 9.97. The minimum absolute atomic E-state index is 0.0125. The SMILES string of the molecule is COC(=O)C=Cc1cc(C(CC(C)C)[SiH](O[Si](C)(C)C)O[Si](C)(C)C)c(OC)c(OC)c1OC. The Labute approximate surface area is 209 Å². The molecule has 0 fully saturated rings. The zero-order chi connectivity index (χ0) is 26.3. The molecule has 0 aliphatic carbocycles. The molecule has 0 bridgehead atoms. The summed E-state index contributed by atoms with van der Waals surface area (Å²) >= 11 is 0. The number of benzene rings is 1. The molecule has 1 atom stereocenters. The predicted octanol–water partition coefficient (Wildman–Crippen LogP) is 5.49.